The van der Waals surface area contributed by atoms with Crippen LogP contribution in [-0.2, 0) is 11.2 Å². The molecule has 78 valence electrons. The molecule has 3 heteroatoms. The number of nitrogens with two attached hydrogens (primary N) is 1. The highest BCUT2D eigenvalue weighted by Gasteiger charge is 2.14. The first-order valence-corrected chi connectivity index (χ1v) is 5.04. The van der Waals surface area contributed by atoms with Crippen molar-refractivity contribution in [1.82, 2.24) is 0 Å². The van der Waals surface area contributed by atoms with E-state index in [2.05, 4.69) is 6.92 Å². The Labute approximate surface area is 84.3 Å². The molecule has 0 bridgehead atoms. The Balaban J connectivity index is 2.34. The monoisotopic (exact) mass is 195 g/mol. The molecule has 1 atom stereocenters. The number of carbonyl (C=O) groups excluding carboxylic acids is 1. The van der Waals surface area contributed by atoms with Gasteiger partial charge in [-0.1, -0.05) is 19.8 Å². The van der Waals surface area contributed by atoms with Crippen LogP contribution in [0.5, 0.6) is 0 Å². The highest BCUT2D eigenvalue weighted by atomic mass is 16.3. The number of Topliss-reactive ketones (excluding diaryl/α,β-unsaturated/α-hetero) is 1. The molecule has 3 nitrogen and oxygen atoms in total. The van der Waals surface area contributed by atoms with Crippen molar-refractivity contribution < 1.29 is 9.21 Å². The molecule has 1 heterocycles. The molecule has 0 amide bonds. The van der Waals surface area contributed by atoms with E-state index in [4.69, 9.17) is 10.2 Å². The first-order valence-electron chi connectivity index (χ1n) is 5.04. The van der Waals surface area contributed by atoms with Gasteiger partial charge in [-0.15, -0.1) is 0 Å². The Morgan fingerprint density at radius 3 is 3.00 bits per heavy atom. The molecular formula is C11H17NO2. The molecule has 0 aliphatic carbocycles. The summed E-state index contributed by atoms with van der Waals surface area (Å²) in [5, 5.41) is 0. The third kappa shape index (κ3) is 3.34. The number of carbonyl (C=O) groups is 1. The normalized spacial score (nSPS) is 12.7. The fraction of sp³-hybridized carbons (Fsp3) is 0.545. The van der Waals surface area contributed by atoms with Gasteiger partial charge in [0.2, 0.25) is 0 Å². The quantitative estimate of drug-likeness (QED) is 0.754. The van der Waals surface area contributed by atoms with Gasteiger partial charge >= 0.3 is 0 Å². The van der Waals surface area contributed by atoms with Crippen molar-refractivity contribution in [3.05, 3.63) is 24.2 Å². The smallest absolute Gasteiger partial charge is 0.157 e. The Bertz CT molecular complexity index is 267. The second-order valence-corrected chi connectivity index (χ2v) is 3.47. The van der Waals surface area contributed by atoms with Crippen LogP contribution in [0.15, 0.2) is 22.8 Å². The van der Waals surface area contributed by atoms with Crippen molar-refractivity contribution in [3.8, 4) is 0 Å². The molecular weight excluding hydrogens is 178 g/mol. The summed E-state index contributed by atoms with van der Waals surface area (Å²) < 4.78 is 5.08. The molecule has 14 heavy (non-hydrogen) atoms. The molecule has 1 rings (SSSR count). The minimum Gasteiger partial charge on any atom is -0.469 e. The van der Waals surface area contributed by atoms with Gasteiger partial charge in [0.25, 0.3) is 0 Å². The van der Waals surface area contributed by atoms with Gasteiger partial charge in [0.15, 0.2) is 5.78 Å². The molecule has 0 aromatic carbocycles. The van der Waals surface area contributed by atoms with Crippen molar-refractivity contribution in [2.24, 2.45) is 5.73 Å². The summed E-state index contributed by atoms with van der Waals surface area (Å²) >= 11 is 0. The van der Waals surface area contributed by atoms with E-state index < -0.39 is 0 Å². The van der Waals surface area contributed by atoms with E-state index in [0.29, 0.717) is 12.2 Å². The predicted molar refractivity (Wildman–Crippen MR) is 54.9 cm³/mol. The molecule has 0 saturated heterocycles. The maximum absolute atomic E-state index is 11.5. The van der Waals surface area contributed by atoms with Gasteiger partial charge in [-0.25, -0.2) is 0 Å². The van der Waals surface area contributed by atoms with Gasteiger partial charge in [0.1, 0.15) is 5.76 Å². The summed E-state index contributed by atoms with van der Waals surface area (Å²) in [6.45, 7) is 2.09. The van der Waals surface area contributed by atoms with Crippen molar-refractivity contribution in [2.75, 3.05) is 0 Å². The average molecular weight is 195 g/mol. The largest absolute Gasteiger partial charge is 0.469 e. The summed E-state index contributed by atoms with van der Waals surface area (Å²) in [4.78, 5) is 11.5. The fourth-order valence-electron chi connectivity index (χ4n) is 1.30. The molecule has 0 aliphatic rings. The van der Waals surface area contributed by atoms with Crippen molar-refractivity contribution >= 4 is 5.78 Å². The van der Waals surface area contributed by atoms with E-state index in [0.717, 1.165) is 19.3 Å². The van der Waals surface area contributed by atoms with Crippen LogP contribution in [0.3, 0.4) is 0 Å². The highest BCUT2D eigenvalue weighted by molar-refractivity contribution is 5.85. The average Bonchev–Trinajstić information content (AvgIpc) is 2.66. The Kier molecular flexibility index (Phi) is 4.40. The van der Waals surface area contributed by atoms with Crippen LogP contribution in [0.4, 0.5) is 0 Å². The number of hydrogen-bond acceptors (Lipinski definition) is 3. The molecule has 2 N–H and O–H groups in total. The molecule has 0 fully saturated rings. The molecule has 1 unspecified atom stereocenters. The Hall–Kier alpha value is -1.09. The van der Waals surface area contributed by atoms with Gasteiger partial charge in [0, 0.05) is 0 Å². The van der Waals surface area contributed by atoms with Gasteiger partial charge in [-0.2, -0.15) is 0 Å². The highest BCUT2D eigenvalue weighted by Crippen LogP contribution is 2.06. The van der Waals surface area contributed by atoms with Crippen LogP contribution in [0.25, 0.3) is 0 Å². The van der Waals surface area contributed by atoms with Gasteiger partial charge < -0.3 is 10.2 Å². The van der Waals surface area contributed by atoms with Crippen LogP contribution >= 0.6 is 0 Å². The number of hydrogen-bond donors (Lipinski definition) is 1. The zero-order valence-corrected chi connectivity index (χ0v) is 8.53. The fourth-order valence-corrected chi connectivity index (χ4v) is 1.30. The van der Waals surface area contributed by atoms with Crippen LogP contribution in [0, 0.1) is 0 Å². The lowest BCUT2D eigenvalue weighted by Gasteiger charge is -2.08. The van der Waals surface area contributed by atoms with Crippen LogP contribution in [0.1, 0.15) is 31.9 Å². The summed E-state index contributed by atoms with van der Waals surface area (Å²) in [5.41, 5.74) is 5.73. The van der Waals surface area contributed by atoms with Gasteiger partial charge in [0.05, 0.1) is 18.7 Å². The summed E-state index contributed by atoms with van der Waals surface area (Å²) in [6.07, 6.45) is 4.74. The first kappa shape index (κ1) is 11.0. The van der Waals surface area contributed by atoms with E-state index in [1.165, 1.54) is 0 Å². The number of unbranched alkanes of at least 4 members (excludes halogenated alkanes) is 1. The second kappa shape index (κ2) is 5.60. The Morgan fingerprint density at radius 2 is 2.43 bits per heavy atom. The zero-order valence-electron chi connectivity index (χ0n) is 8.53. The topological polar surface area (TPSA) is 56.2 Å². The maximum atomic E-state index is 11.5. The van der Waals surface area contributed by atoms with E-state index in [1.54, 1.807) is 18.4 Å². The number of rotatable bonds is 6. The minimum absolute atomic E-state index is 0.0633. The summed E-state index contributed by atoms with van der Waals surface area (Å²) in [7, 11) is 0. The standard InChI is InChI=1S/C11H17NO2/c1-2-3-6-10(12)11(13)8-9-5-4-7-14-9/h4-5,7,10H,2-3,6,8,12H2,1H3. The number of ketones is 1. The van der Waals surface area contributed by atoms with Gasteiger partial charge in [-0.3, -0.25) is 4.79 Å². The second-order valence-electron chi connectivity index (χ2n) is 3.47. The molecule has 0 saturated carbocycles. The summed E-state index contributed by atoms with van der Waals surface area (Å²) in [5.74, 6) is 0.760. The predicted octanol–water partition coefficient (Wildman–Crippen LogP) is 1.91. The molecule has 0 radical (unpaired) electrons. The molecule has 0 spiro atoms. The lowest BCUT2D eigenvalue weighted by molar-refractivity contribution is -0.120. The van der Waals surface area contributed by atoms with Crippen molar-refractivity contribution in [3.63, 3.8) is 0 Å². The van der Waals surface area contributed by atoms with Crippen LogP contribution < -0.4 is 5.73 Å². The van der Waals surface area contributed by atoms with Gasteiger partial charge in [-0.05, 0) is 18.6 Å². The molecule has 1 aromatic rings. The lowest BCUT2D eigenvalue weighted by Crippen LogP contribution is -2.31. The first-order chi connectivity index (χ1) is 6.74. The van der Waals surface area contributed by atoms with E-state index in [-0.39, 0.29) is 11.8 Å². The SMILES string of the molecule is CCCCC(N)C(=O)Cc1ccco1. The minimum atomic E-state index is -0.333. The van der Waals surface area contributed by atoms with Crippen molar-refractivity contribution in [1.29, 1.82) is 0 Å². The van der Waals surface area contributed by atoms with Crippen molar-refractivity contribution in [2.45, 2.75) is 38.6 Å². The van der Waals surface area contributed by atoms with E-state index in [9.17, 15) is 4.79 Å². The Morgan fingerprint density at radius 1 is 1.64 bits per heavy atom. The summed E-state index contributed by atoms with van der Waals surface area (Å²) in [6, 6.07) is 3.24. The van der Waals surface area contributed by atoms with Crippen LogP contribution in [0.2, 0.25) is 0 Å². The van der Waals surface area contributed by atoms with Crippen LogP contribution in [-0.4, -0.2) is 11.8 Å². The molecule has 0 aliphatic heterocycles. The lowest BCUT2D eigenvalue weighted by atomic mass is 10.0. The molecule has 1 aromatic heterocycles. The zero-order chi connectivity index (χ0) is 10.4. The van der Waals surface area contributed by atoms with E-state index >= 15 is 0 Å². The van der Waals surface area contributed by atoms with E-state index in [1.807, 2.05) is 0 Å². The third-order valence-electron chi connectivity index (χ3n) is 2.21. The third-order valence-corrected chi connectivity index (χ3v) is 2.21. The number of furan rings is 1. The maximum Gasteiger partial charge on any atom is 0.157 e.